The lowest BCUT2D eigenvalue weighted by atomic mass is 10.0. The van der Waals surface area contributed by atoms with E-state index in [0.717, 1.165) is 33.5 Å². The summed E-state index contributed by atoms with van der Waals surface area (Å²) in [5, 5.41) is 2.57. The molecule has 0 saturated heterocycles. The maximum Gasteiger partial charge on any atom is 0.164 e. The van der Waals surface area contributed by atoms with Crippen LogP contribution in [0.15, 0.2) is 158 Å². The zero-order chi connectivity index (χ0) is 32.3. The number of thiophene rings is 2. The standard InChI is InChI=1S/C43H26N4S2/c1-3-12-27(13-4-1)30-16-11-17-31(26-30)43-45-41(28-14-5-2-6-15-28)44-42(46-43)29-22-24-32(25-23-29)47-37-33-18-7-9-20-35(33)48-39(37)40-38(47)34-19-8-10-21-36(34)49-40/h1-26H. The van der Waals surface area contributed by atoms with Crippen molar-refractivity contribution in [1.29, 1.82) is 0 Å². The molecule has 0 radical (unpaired) electrons. The predicted octanol–water partition coefficient (Wildman–Crippen LogP) is 12.1. The van der Waals surface area contributed by atoms with Crippen LogP contribution in [0.25, 0.3) is 91.6 Å². The minimum absolute atomic E-state index is 0.644. The predicted molar refractivity (Wildman–Crippen MR) is 207 cm³/mol. The highest BCUT2D eigenvalue weighted by Gasteiger charge is 2.22. The lowest BCUT2D eigenvalue weighted by Crippen LogP contribution is -2.00. The molecule has 0 aliphatic heterocycles. The summed E-state index contributed by atoms with van der Waals surface area (Å²) in [6, 6.07) is 55.1. The van der Waals surface area contributed by atoms with E-state index < -0.39 is 0 Å². The second-order valence-electron chi connectivity index (χ2n) is 12.1. The Morgan fingerprint density at radius 3 is 1.41 bits per heavy atom. The molecular weight excluding hydrogens is 637 g/mol. The highest BCUT2D eigenvalue weighted by Crippen LogP contribution is 2.48. The summed E-state index contributed by atoms with van der Waals surface area (Å²) in [5.74, 6) is 1.94. The molecule has 0 saturated carbocycles. The van der Waals surface area contributed by atoms with E-state index >= 15 is 0 Å². The van der Waals surface area contributed by atoms with Crippen molar-refractivity contribution >= 4 is 63.3 Å². The van der Waals surface area contributed by atoms with E-state index in [4.69, 9.17) is 15.0 Å². The molecule has 0 aliphatic carbocycles. The number of fused-ring (bicyclic) bond motifs is 7. The molecule has 0 spiro atoms. The average molecular weight is 663 g/mol. The number of rotatable bonds is 5. The van der Waals surface area contributed by atoms with Crippen LogP contribution in [0, 0.1) is 0 Å². The Hall–Kier alpha value is -5.95. The fourth-order valence-corrected chi connectivity index (χ4v) is 9.27. The van der Waals surface area contributed by atoms with Crippen molar-refractivity contribution in [3.8, 4) is 51.0 Å². The highest BCUT2D eigenvalue weighted by molar-refractivity contribution is 7.33. The molecule has 6 aromatic carbocycles. The maximum atomic E-state index is 5.07. The summed E-state index contributed by atoms with van der Waals surface area (Å²) in [7, 11) is 0. The third kappa shape index (κ3) is 4.68. The molecule has 4 aromatic heterocycles. The zero-order valence-electron chi connectivity index (χ0n) is 26.1. The lowest BCUT2D eigenvalue weighted by molar-refractivity contribution is 1.07. The minimum Gasteiger partial charge on any atom is -0.306 e. The third-order valence-electron chi connectivity index (χ3n) is 9.07. The summed E-state index contributed by atoms with van der Waals surface area (Å²) in [6.07, 6.45) is 0. The second kappa shape index (κ2) is 11.3. The minimum atomic E-state index is 0.644. The number of benzene rings is 6. The van der Waals surface area contributed by atoms with Crippen molar-refractivity contribution in [1.82, 2.24) is 19.5 Å². The number of hydrogen-bond acceptors (Lipinski definition) is 5. The van der Waals surface area contributed by atoms with Gasteiger partial charge >= 0.3 is 0 Å². The first-order chi connectivity index (χ1) is 24.3. The second-order valence-corrected chi connectivity index (χ2v) is 14.2. The van der Waals surface area contributed by atoms with Gasteiger partial charge in [-0.2, -0.15) is 0 Å². The van der Waals surface area contributed by atoms with Crippen molar-refractivity contribution in [2.75, 3.05) is 0 Å². The van der Waals surface area contributed by atoms with Crippen LogP contribution in [0.2, 0.25) is 0 Å². The van der Waals surface area contributed by atoms with Gasteiger partial charge in [-0.05, 0) is 53.6 Å². The van der Waals surface area contributed by atoms with E-state index in [-0.39, 0.29) is 0 Å². The molecule has 4 nitrogen and oxygen atoms in total. The first-order valence-corrected chi connectivity index (χ1v) is 17.8. The Bertz CT molecular complexity index is 2720. The molecule has 0 fully saturated rings. The van der Waals surface area contributed by atoms with E-state index in [2.05, 4.69) is 126 Å². The van der Waals surface area contributed by atoms with Crippen LogP contribution < -0.4 is 0 Å². The van der Waals surface area contributed by atoms with E-state index in [9.17, 15) is 0 Å². The van der Waals surface area contributed by atoms with Gasteiger partial charge in [0.25, 0.3) is 0 Å². The fraction of sp³-hybridized carbons (Fsp3) is 0. The first kappa shape index (κ1) is 28.1. The van der Waals surface area contributed by atoms with Crippen molar-refractivity contribution in [2.24, 2.45) is 0 Å². The van der Waals surface area contributed by atoms with Gasteiger partial charge in [-0.25, -0.2) is 15.0 Å². The third-order valence-corrected chi connectivity index (χ3v) is 11.6. The Morgan fingerprint density at radius 1 is 0.367 bits per heavy atom. The number of aromatic nitrogens is 4. The van der Waals surface area contributed by atoms with Gasteiger partial charge in [-0.1, -0.05) is 115 Å². The lowest BCUT2D eigenvalue weighted by Gasteiger charge is -2.11. The van der Waals surface area contributed by atoms with Crippen molar-refractivity contribution < 1.29 is 0 Å². The summed E-state index contributed by atoms with van der Waals surface area (Å²) < 4.78 is 7.75. The molecule has 6 heteroatoms. The molecule has 0 aliphatic rings. The molecule has 0 N–H and O–H groups in total. The molecule has 0 bridgehead atoms. The van der Waals surface area contributed by atoms with Crippen molar-refractivity contribution in [2.45, 2.75) is 0 Å². The van der Waals surface area contributed by atoms with E-state index in [1.165, 1.54) is 40.6 Å². The van der Waals surface area contributed by atoms with Crippen LogP contribution in [-0.4, -0.2) is 19.5 Å². The van der Waals surface area contributed by atoms with E-state index in [0.29, 0.717) is 17.5 Å². The molecule has 49 heavy (non-hydrogen) atoms. The van der Waals surface area contributed by atoms with E-state index in [1.807, 2.05) is 59.1 Å². The zero-order valence-corrected chi connectivity index (χ0v) is 27.7. The Kier molecular flexibility index (Phi) is 6.50. The van der Waals surface area contributed by atoms with Gasteiger partial charge in [-0.3, -0.25) is 0 Å². The normalized spacial score (nSPS) is 11.7. The van der Waals surface area contributed by atoms with Crippen LogP contribution in [0.3, 0.4) is 0 Å². The Balaban J connectivity index is 1.14. The monoisotopic (exact) mass is 662 g/mol. The van der Waals surface area contributed by atoms with Gasteiger partial charge in [-0.15, -0.1) is 22.7 Å². The molecule has 10 aromatic rings. The summed E-state index contributed by atoms with van der Waals surface area (Å²) >= 11 is 3.77. The fourth-order valence-electron chi connectivity index (χ4n) is 6.76. The largest absolute Gasteiger partial charge is 0.306 e. The SMILES string of the molecule is c1ccc(-c2cccc(-c3nc(-c4ccccc4)nc(-c4ccc(-n5c6c7ccccc7sc6c6sc7ccccc7c65)cc4)n3)c2)cc1. The molecule has 0 atom stereocenters. The van der Waals surface area contributed by atoms with Gasteiger partial charge in [0.05, 0.1) is 20.4 Å². The van der Waals surface area contributed by atoms with Gasteiger partial charge in [0.1, 0.15) is 0 Å². The van der Waals surface area contributed by atoms with Crippen LogP contribution in [-0.2, 0) is 0 Å². The summed E-state index contributed by atoms with van der Waals surface area (Å²) in [4.78, 5) is 15.1. The smallest absolute Gasteiger partial charge is 0.164 e. The van der Waals surface area contributed by atoms with Crippen LogP contribution in [0.1, 0.15) is 0 Å². The van der Waals surface area contributed by atoms with Gasteiger partial charge in [0.2, 0.25) is 0 Å². The van der Waals surface area contributed by atoms with Crippen LogP contribution in [0.5, 0.6) is 0 Å². The Morgan fingerprint density at radius 2 is 0.816 bits per heavy atom. The molecular formula is C43H26N4S2. The molecule has 4 heterocycles. The first-order valence-electron chi connectivity index (χ1n) is 16.2. The molecule has 0 amide bonds. The Labute approximate surface area is 290 Å². The van der Waals surface area contributed by atoms with Crippen molar-refractivity contribution in [3.05, 3.63) is 158 Å². The van der Waals surface area contributed by atoms with Crippen LogP contribution >= 0.6 is 22.7 Å². The quantitative estimate of drug-likeness (QED) is 0.184. The van der Waals surface area contributed by atoms with Gasteiger partial charge in [0.15, 0.2) is 17.5 Å². The van der Waals surface area contributed by atoms with Gasteiger partial charge in [0, 0.05) is 42.6 Å². The summed E-state index contributed by atoms with van der Waals surface area (Å²) in [5.41, 5.74) is 8.77. The maximum absolute atomic E-state index is 5.07. The average Bonchev–Trinajstić information content (AvgIpc) is 3.84. The molecule has 0 unspecified atom stereocenters. The van der Waals surface area contributed by atoms with Gasteiger partial charge < -0.3 is 4.57 Å². The summed E-state index contributed by atoms with van der Waals surface area (Å²) in [6.45, 7) is 0. The van der Waals surface area contributed by atoms with Crippen LogP contribution in [0.4, 0.5) is 0 Å². The molecule has 230 valence electrons. The van der Waals surface area contributed by atoms with E-state index in [1.54, 1.807) is 0 Å². The number of hydrogen-bond donors (Lipinski definition) is 0. The number of nitrogens with zero attached hydrogens (tertiary/aromatic N) is 4. The van der Waals surface area contributed by atoms with Crippen molar-refractivity contribution in [3.63, 3.8) is 0 Å². The topological polar surface area (TPSA) is 43.6 Å². The molecule has 10 rings (SSSR count). The highest BCUT2D eigenvalue weighted by atomic mass is 32.1.